The summed E-state index contributed by atoms with van der Waals surface area (Å²) in [6.45, 7) is 4.38. The van der Waals surface area contributed by atoms with Gasteiger partial charge in [0.1, 0.15) is 5.82 Å². The average molecular weight is 143 g/mol. The highest BCUT2D eigenvalue weighted by molar-refractivity contribution is 8.00. The van der Waals surface area contributed by atoms with Crippen molar-refractivity contribution in [3.8, 4) is 0 Å². The lowest BCUT2D eigenvalue weighted by atomic mass is 10.7. The summed E-state index contributed by atoms with van der Waals surface area (Å²) in [7, 11) is 0. The molecule has 9 heavy (non-hydrogen) atoms. The van der Waals surface area contributed by atoms with Crippen molar-refractivity contribution in [3.63, 3.8) is 0 Å². The third-order valence-corrected chi connectivity index (χ3v) is 1.71. The number of hydrazine groups is 1. The Hall–Kier alpha value is -0.610. The third-order valence-electron chi connectivity index (χ3n) is 0.856. The molecule has 50 valence electrons. The van der Waals surface area contributed by atoms with E-state index in [-0.39, 0.29) is 0 Å². The maximum absolute atomic E-state index is 5.41. The average Bonchev–Trinajstić information content (AvgIpc) is 2.17. The molecule has 3 nitrogen and oxygen atoms in total. The zero-order valence-corrected chi connectivity index (χ0v) is 5.82. The van der Waals surface area contributed by atoms with Gasteiger partial charge in [-0.1, -0.05) is 6.08 Å². The minimum atomic E-state index is 0.696. The minimum absolute atomic E-state index is 0.696. The molecule has 3 N–H and O–H groups in total. The second kappa shape index (κ2) is 2.80. The first kappa shape index (κ1) is 6.51. The molecule has 4 heteroatoms. The summed E-state index contributed by atoms with van der Waals surface area (Å²) < 4.78 is 1.89. The Bertz CT molecular complexity index is 143. The van der Waals surface area contributed by atoms with Crippen molar-refractivity contribution in [2.24, 2.45) is 5.73 Å². The molecule has 1 rings (SSSR count). The van der Waals surface area contributed by atoms with Crippen molar-refractivity contribution in [1.29, 1.82) is 0 Å². The Kier molecular flexibility index (Phi) is 2.02. The van der Waals surface area contributed by atoms with Crippen molar-refractivity contribution in [1.82, 2.24) is 9.84 Å². The van der Waals surface area contributed by atoms with Crippen molar-refractivity contribution >= 4 is 11.9 Å². The molecule has 1 aliphatic rings. The lowest BCUT2D eigenvalue weighted by Crippen LogP contribution is -2.29. The summed E-state index contributed by atoms with van der Waals surface area (Å²) in [6, 6.07) is 0. The molecule has 0 aliphatic carbocycles. The van der Waals surface area contributed by atoms with Gasteiger partial charge in [-0.15, -0.1) is 6.58 Å². The number of nitrogens with zero attached hydrogens (tertiary/aromatic N) is 1. The van der Waals surface area contributed by atoms with Crippen LogP contribution in [0.1, 0.15) is 0 Å². The molecule has 0 fully saturated rings. The zero-order valence-electron chi connectivity index (χ0n) is 5.00. The number of nitrogens with one attached hydrogen (secondary N) is 1. The summed E-state index contributed by atoms with van der Waals surface area (Å²) in [5.41, 5.74) is 8.33. The molecule has 0 aromatic rings. The van der Waals surface area contributed by atoms with Crippen molar-refractivity contribution in [2.45, 2.75) is 0 Å². The minimum Gasteiger partial charge on any atom is -0.384 e. The van der Waals surface area contributed by atoms with E-state index in [0.29, 0.717) is 5.82 Å². The summed E-state index contributed by atoms with van der Waals surface area (Å²) in [6.07, 6.45) is 1.81. The first-order valence-corrected chi connectivity index (χ1v) is 3.44. The Balaban J connectivity index is 2.28. The van der Waals surface area contributed by atoms with Gasteiger partial charge in [-0.2, -0.15) is 4.41 Å². The zero-order chi connectivity index (χ0) is 6.69. The maximum atomic E-state index is 5.41. The van der Waals surface area contributed by atoms with E-state index in [9.17, 15) is 0 Å². The van der Waals surface area contributed by atoms with Gasteiger partial charge in [-0.05, 0) is 11.9 Å². The molecule has 0 atom stereocenters. The summed E-state index contributed by atoms with van der Waals surface area (Å²) in [4.78, 5) is 0. The van der Waals surface area contributed by atoms with Crippen molar-refractivity contribution in [3.05, 3.63) is 23.9 Å². The van der Waals surface area contributed by atoms with Gasteiger partial charge in [0.2, 0.25) is 0 Å². The van der Waals surface area contributed by atoms with Gasteiger partial charge in [0.15, 0.2) is 0 Å². The standard InChI is InChI=1S/C5H9N3S/c1-2-3-8-7-5(6)4-9-8/h2,4,7H,1,3,6H2. The molecule has 0 bridgehead atoms. The van der Waals surface area contributed by atoms with Crippen LogP contribution in [0.4, 0.5) is 0 Å². The van der Waals surface area contributed by atoms with E-state index < -0.39 is 0 Å². The fraction of sp³-hybridized carbons (Fsp3) is 0.200. The molecule has 0 amide bonds. The van der Waals surface area contributed by atoms with Crippen LogP contribution >= 0.6 is 11.9 Å². The first-order valence-electron chi connectivity index (χ1n) is 2.60. The van der Waals surface area contributed by atoms with Crippen LogP contribution in [0, 0.1) is 0 Å². The molecule has 1 heterocycles. The first-order chi connectivity index (χ1) is 4.33. The predicted octanol–water partition coefficient (Wildman–Crippen LogP) is 0.398. The summed E-state index contributed by atoms with van der Waals surface area (Å²) in [5, 5.41) is 1.85. The largest absolute Gasteiger partial charge is 0.384 e. The number of hydrogen-bond donors (Lipinski definition) is 2. The van der Waals surface area contributed by atoms with E-state index in [1.807, 2.05) is 15.9 Å². The summed E-state index contributed by atoms with van der Waals surface area (Å²) >= 11 is 1.54. The van der Waals surface area contributed by atoms with E-state index in [2.05, 4.69) is 12.0 Å². The van der Waals surface area contributed by atoms with Gasteiger partial charge < -0.3 is 5.73 Å². The highest BCUT2D eigenvalue weighted by atomic mass is 32.2. The SMILES string of the molecule is C=CCN1NC(N)=CS1. The lowest BCUT2D eigenvalue weighted by Gasteiger charge is -2.11. The molecular weight excluding hydrogens is 134 g/mol. The van der Waals surface area contributed by atoms with E-state index in [0.717, 1.165) is 6.54 Å². The normalized spacial score (nSPS) is 18.9. The van der Waals surface area contributed by atoms with E-state index in [1.54, 1.807) is 0 Å². The monoisotopic (exact) mass is 143 g/mol. The molecular formula is C5H9N3S. The van der Waals surface area contributed by atoms with Gasteiger partial charge in [-0.25, -0.2) is 0 Å². The quantitative estimate of drug-likeness (QED) is 0.433. The van der Waals surface area contributed by atoms with Crippen LogP contribution < -0.4 is 11.2 Å². The Morgan fingerprint density at radius 2 is 2.78 bits per heavy atom. The van der Waals surface area contributed by atoms with E-state index in [1.165, 1.54) is 11.9 Å². The van der Waals surface area contributed by atoms with E-state index in [4.69, 9.17) is 5.73 Å². The molecule has 0 aromatic carbocycles. The second-order valence-electron chi connectivity index (χ2n) is 1.64. The topological polar surface area (TPSA) is 41.3 Å². The van der Waals surface area contributed by atoms with E-state index >= 15 is 0 Å². The highest BCUT2D eigenvalue weighted by Gasteiger charge is 2.07. The van der Waals surface area contributed by atoms with Crippen LogP contribution in [0.5, 0.6) is 0 Å². The maximum Gasteiger partial charge on any atom is 0.119 e. The molecule has 1 aliphatic heterocycles. The molecule has 0 radical (unpaired) electrons. The van der Waals surface area contributed by atoms with Gasteiger partial charge in [0.25, 0.3) is 0 Å². The Morgan fingerprint density at radius 3 is 3.22 bits per heavy atom. The van der Waals surface area contributed by atoms with Crippen LogP contribution in [-0.4, -0.2) is 11.0 Å². The third kappa shape index (κ3) is 1.65. The molecule has 0 unspecified atom stereocenters. The van der Waals surface area contributed by atoms with Crippen LogP contribution in [0.3, 0.4) is 0 Å². The summed E-state index contributed by atoms with van der Waals surface area (Å²) in [5.74, 6) is 0.696. The molecule has 0 aromatic heterocycles. The molecule has 0 spiro atoms. The van der Waals surface area contributed by atoms with Crippen LogP contribution in [-0.2, 0) is 0 Å². The van der Waals surface area contributed by atoms with Gasteiger partial charge in [-0.3, -0.25) is 5.43 Å². The second-order valence-corrected chi connectivity index (χ2v) is 2.53. The van der Waals surface area contributed by atoms with Gasteiger partial charge >= 0.3 is 0 Å². The molecule has 0 saturated carbocycles. The highest BCUT2D eigenvalue weighted by Crippen LogP contribution is 2.15. The number of rotatable bonds is 2. The van der Waals surface area contributed by atoms with Crippen molar-refractivity contribution in [2.75, 3.05) is 6.54 Å². The Morgan fingerprint density at radius 1 is 2.00 bits per heavy atom. The Labute approximate surface area is 58.7 Å². The predicted molar refractivity (Wildman–Crippen MR) is 39.9 cm³/mol. The van der Waals surface area contributed by atoms with Crippen LogP contribution in [0.2, 0.25) is 0 Å². The smallest absolute Gasteiger partial charge is 0.119 e. The number of hydrogen-bond acceptors (Lipinski definition) is 4. The fourth-order valence-electron chi connectivity index (χ4n) is 0.523. The van der Waals surface area contributed by atoms with Crippen LogP contribution in [0.15, 0.2) is 23.9 Å². The van der Waals surface area contributed by atoms with Gasteiger partial charge in [0, 0.05) is 12.0 Å². The van der Waals surface area contributed by atoms with Gasteiger partial charge in [0.05, 0.1) is 0 Å². The fourth-order valence-corrected chi connectivity index (χ4v) is 1.17. The molecule has 0 saturated heterocycles. The number of nitrogens with two attached hydrogens (primary N) is 1. The lowest BCUT2D eigenvalue weighted by molar-refractivity contribution is 0.442. The van der Waals surface area contributed by atoms with Crippen LogP contribution in [0.25, 0.3) is 0 Å². The van der Waals surface area contributed by atoms with Crippen molar-refractivity contribution < 1.29 is 0 Å².